The highest BCUT2D eigenvalue weighted by Gasteiger charge is 2.66. The number of amides is 1. The zero-order valence-electron chi connectivity index (χ0n) is 20.9. The van der Waals surface area contributed by atoms with E-state index in [2.05, 4.69) is 43.4 Å². The number of fused-ring (bicyclic) bond motifs is 4. The molecule has 1 heterocycles. The fourth-order valence-corrected chi connectivity index (χ4v) is 10.3. The van der Waals surface area contributed by atoms with Gasteiger partial charge in [-0.15, -0.1) is 0 Å². The summed E-state index contributed by atoms with van der Waals surface area (Å²) < 4.78 is 29.4. The van der Waals surface area contributed by atoms with Gasteiger partial charge in [0.15, 0.2) is 0 Å². The molecule has 1 spiro atoms. The minimum absolute atomic E-state index is 0.0525. The molecule has 5 rings (SSSR count). The van der Waals surface area contributed by atoms with Crippen LogP contribution in [0.5, 0.6) is 0 Å². The van der Waals surface area contributed by atoms with E-state index in [9.17, 15) is 18.0 Å². The fraction of sp³-hybridized carbons (Fsp3) is 0.704. The highest BCUT2D eigenvalue weighted by Crippen LogP contribution is 2.66. The van der Waals surface area contributed by atoms with E-state index in [1.54, 1.807) is 4.31 Å². The van der Waals surface area contributed by atoms with Gasteiger partial charge in [-0.1, -0.05) is 38.1 Å². The van der Waals surface area contributed by atoms with E-state index < -0.39 is 21.4 Å². The topological polar surface area (TPSA) is 104 Å². The minimum atomic E-state index is -3.51. The molecule has 2 saturated carbocycles. The first-order valence-corrected chi connectivity index (χ1v) is 14.7. The molecule has 35 heavy (non-hydrogen) atoms. The van der Waals surface area contributed by atoms with E-state index in [1.165, 1.54) is 11.1 Å². The predicted molar refractivity (Wildman–Crippen MR) is 133 cm³/mol. The summed E-state index contributed by atoms with van der Waals surface area (Å²) in [5.41, 5.74) is 2.20. The first-order valence-electron chi connectivity index (χ1n) is 13.1. The summed E-state index contributed by atoms with van der Waals surface area (Å²) in [6.45, 7) is 5.41. The molecule has 1 amide bonds. The molecule has 1 aliphatic heterocycles. The summed E-state index contributed by atoms with van der Waals surface area (Å²) in [7, 11) is -3.51. The molecule has 4 aliphatic rings. The normalized spacial score (nSPS) is 30.9. The summed E-state index contributed by atoms with van der Waals surface area (Å²) in [6.07, 6.45) is 6.12. The fourth-order valence-electron chi connectivity index (χ4n) is 8.00. The van der Waals surface area contributed by atoms with Crippen LogP contribution in [0.25, 0.3) is 0 Å². The molecule has 3 fully saturated rings. The molecule has 192 valence electrons. The van der Waals surface area contributed by atoms with E-state index in [-0.39, 0.29) is 41.4 Å². The smallest absolute Gasteiger partial charge is 0.303 e. The van der Waals surface area contributed by atoms with Crippen molar-refractivity contribution in [1.82, 2.24) is 9.62 Å². The molecule has 0 unspecified atom stereocenters. The SMILES string of the molecule is CC1(C)[C@@H]2CC[C@@]1(CS(=O)(=O)N1CCC3(CCc4ccccc43)CC1)[C@@H](NC(=O)CCC(=O)O)C2. The van der Waals surface area contributed by atoms with E-state index in [0.717, 1.165) is 44.9 Å². The van der Waals surface area contributed by atoms with Crippen LogP contribution >= 0.6 is 0 Å². The predicted octanol–water partition coefficient (Wildman–Crippen LogP) is 3.47. The number of nitrogens with one attached hydrogen (secondary N) is 1. The number of carboxylic acid groups (broad SMARTS) is 1. The Bertz CT molecular complexity index is 1120. The highest BCUT2D eigenvalue weighted by molar-refractivity contribution is 7.89. The number of aliphatic carboxylic acids is 1. The van der Waals surface area contributed by atoms with Gasteiger partial charge in [-0.25, -0.2) is 12.7 Å². The van der Waals surface area contributed by atoms with Crippen LogP contribution in [0.15, 0.2) is 24.3 Å². The van der Waals surface area contributed by atoms with Crippen molar-refractivity contribution >= 4 is 21.9 Å². The third kappa shape index (κ3) is 4.01. The molecule has 2 N–H and O–H groups in total. The molecule has 1 aromatic carbocycles. The lowest BCUT2D eigenvalue weighted by Gasteiger charge is -2.45. The van der Waals surface area contributed by atoms with Gasteiger partial charge in [-0.2, -0.15) is 0 Å². The molecule has 8 heteroatoms. The maximum absolute atomic E-state index is 13.8. The number of carbonyl (C=O) groups excluding carboxylic acids is 1. The molecule has 2 bridgehead atoms. The standard InChI is InChI=1S/C27H38N2O5S/c1-25(2)20-10-12-27(25,22(17-20)28-23(30)7-8-24(31)32)18-35(33,34)29-15-13-26(14-16-29)11-9-19-5-3-4-6-21(19)26/h3-6,20,22H,7-18H2,1-2H3,(H,28,30)(H,31,32)/t20-,22+,27-/m1/s1. The zero-order valence-corrected chi connectivity index (χ0v) is 21.7. The quantitative estimate of drug-likeness (QED) is 0.594. The van der Waals surface area contributed by atoms with Gasteiger partial charge in [0.1, 0.15) is 0 Å². The summed E-state index contributed by atoms with van der Waals surface area (Å²) in [4.78, 5) is 23.4. The third-order valence-electron chi connectivity index (χ3n) is 10.3. The number of piperidine rings is 1. The molecule has 3 aliphatic carbocycles. The number of carbonyl (C=O) groups is 2. The van der Waals surface area contributed by atoms with Gasteiger partial charge in [0.05, 0.1) is 12.2 Å². The maximum Gasteiger partial charge on any atom is 0.303 e. The van der Waals surface area contributed by atoms with Crippen molar-refractivity contribution < 1.29 is 23.1 Å². The van der Waals surface area contributed by atoms with Gasteiger partial charge >= 0.3 is 5.97 Å². The summed E-state index contributed by atoms with van der Waals surface area (Å²) in [5.74, 6) is -0.880. The van der Waals surface area contributed by atoms with Crippen LogP contribution in [0.4, 0.5) is 0 Å². The zero-order chi connectivity index (χ0) is 25.1. The van der Waals surface area contributed by atoms with Crippen molar-refractivity contribution in [3.05, 3.63) is 35.4 Å². The number of carboxylic acids is 1. The Morgan fingerprint density at radius 2 is 1.80 bits per heavy atom. The van der Waals surface area contributed by atoms with Crippen molar-refractivity contribution in [2.45, 2.75) is 83.1 Å². The number of nitrogens with zero attached hydrogens (tertiary/aromatic N) is 1. The molecule has 0 aromatic heterocycles. The second kappa shape index (κ2) is 8.58. The van der Waals surface area contributed by atoms with Gasteiger partial charge in [0.25, 0.3) is 0 Å². The molecule has 7 nitrogen and oxygen atoms in total. The average Bonchev–Trinajstić information content (AvgIpc) is 3.35. The van der Waals surface area contributed by atoms with Crippen LogP contribution in [0, 0.1) is 16.7 Å². The molecule has 1 aromatic rings. The number of sulfonamides is 1. The molecule has 0 radical (unpaired) electrons. The van der Waals surface area contributed by atoms with Crippen molar-refractivity contribution in [1.29, 1.82) is 0 Å². The number of hydrogen-bond acceptors (Lipinski definition) is 4. The van der Waals surface area contributed by atoms with E-state index in [0.29, 0.717) is 19.0 Å². The molecule has 3 atom stereocenters. The number of aryl methyl sites for hydroxylation is 1. The number of rotatable bonds is 7. The second-order valence-electron chi connectivity index (χ2n) is 12.0. The van der Waals surface area contributed by atoms with Gasteiger partial charge in [-0.3, -0.25) is 9.59 Å². The molecular formula is C27H38N2O5S. The first-order chi connectivity index (χ1) is 16.5. The number of hydrogen-bond donors (Lipinski definition) is 2. The summed E-state index contributed by atoms with van der Waals surface area (Å²) in [6, 6.07) is 8.38. The van der Waals surface area contributed by atoms with Gasteiger partial charge in [0.2, 0.25) is 15.9 Å². The van der Waals surface area contributed by atoms with Crippen LogP contribution < -0.4 is 5.32 Å². The summed E-state index contributed by atoms with van der Waals surface area (Å²) >= 11 is 0. The largest absolute Gasteiger partial charge is 0.481 e. The van der Waals surface area contributed by atoms with Crippen LogP contribution in [-0.4, -0.2) is 54.6 Å². The van der Waals surface area contributed by atoms with E-state index >= 15 is 0 Å². The average molecular weight is 503 g/mol. The van der Waals surface area contributed by atoms with Crippen molar-refractivity contribution in [2.24, 2.45) is 16.7 Å². The Hall–Kier alpha value is -1.93. The van der Waals surface area contributed by atoms with Gasteiger partial charge in [0, 0.05) is 31.0 Å². The Morgan fingerprint density at radius 1 is 1.09 bits per heavy atom. The van der Waals surface area contributed by atoms with Crippen molar-refractivity contribution in [3.63, 3.8) is 0 Å². The Balaban J connectivity index is 1.31. The first kappa shape index (κ1) is 24.8. The van der Waals surface area contributed by atoms with Crippen LogP contribution in [0.2, 0.25) is 0 Å². The Kier molecular flexibility index (Phi) is 6.07. The maximum atomic E-state index is 13.8. The van der Waals surface area contributed by atoms with Crippen molar-refractivity contribution in [2.75, 3.05) is 18.8 Å². The lowest BCUT2D eigenvalue weighted by Crippen LogP contribution is -2.55. The Labute approximate surface area is 208 Å². The van der Waals surface area contributed by atoms with Gasteiger partial charge < -0.3 is 10.4 Å². The lowest BCUT2D eigenvalue weighted by molar-refractivity contribution is -0.139. The Morgan fingerprint density at radius 3 is 2.49 bits per heavy atom. The van der Waals surface area contributed by atoms with Gasteiger partial charge in [-0.05, 0) is 72.8 Å². The second-order valence-corrected chi connectivity index (χ2v) is 13.9. The minimum Gasteiger partial charge on any atom is -0.481 e. The van der Waals surface area contributed by atoms with Crippen LogP contribution in [0.3, 0.4) is 0 Å². The third-order valence-corrected chi connectivity index (χ3v) is 12.3. The van der Waals surface area contributed by atoms with Crippen LogP contribution in [-0.2, 0) is 31.4 Å². The molecular weight excluding hydrogens is 464 g/mol. The van der Waals surface area contributed by atoms with Crippen molar-refractivity contribution in [3.8, 4) is 0 Å². The molecule has 1 saturated heterocycles. The van der Waals surface area contributed by atoms with Crippen LogP contribution in [0.1, 0.15) is 76.3 Å². The summed E-state index contributed by atoms with van der Waals surface area (Å²) in [5, 5.41) is 12.0. The number of benzene rings is 1. The van der Waals surface area contributed by atoms with E-state index in [1.807, 2.05) is 0 Å². The lowest BCUT2D eigenvalue weighted by atomic mass is 9.69. The van der Waals surface area contributed by atoms with E-state index in [4.69, 9.17) is 5.11 Å². The highest BCUT2D eigenvalue weighted by atomic mass is 32.2. The monoisotopic (exact) mass is 502 g/mol.